The van der Waals surface area contributed by atoms with Crippen molar-refractivity contribution in [2.24, 2.45) is 17.8 Å². The van der Waals surface area contributed by atoms with Crippen LogP contribution in [0.2, 0.25) is 0 Å². The Bertz CT molecular complexity index is 948. The highest BCUT2D eigenvalue weighted by molar-refractivity contribution is 5.91. The number of amides is 2. The SMILES string of the molecule is Cc1ccc(C(=O)N2CCC3(CC2)NC(=O)[C@@H]2CN(CC4CCCC4)C[C@@H]23)o1.O=C(O)C(F)(F)F. The fraction of sp³-hybridized carbons (Fsp3) is 0.708. The predicted molar refractivity (Wildman–Crippen MR) is 119 cm³/mol. The maximum Gasteiger partial charge on any atom is 0.490 e. The first-order valence-electron chi connectivity index (χ1n) is 12.2. The number of nitrogens with one attached hydrogen (secondary N) is 1. The summed E-state index contributed by atoms with van der Waals surface area (Å²) in [5.74, 6) is -0.0117. The van der Waals surface area contributed by atoms with E-state index in [0.29, 0.717) is 24.8 Å². The summed E-state index contributed by atoms with van der Waals surface area (Å²) < 4.78 is 37.2. The monoisotopic (exact) mass is 499 g/mol. The van der Waals surface area contributed by atoms with Gasteiger partial charge in [-0.25, -0.2) is 4.79 Å². The summed E-state index contributed by atoms with van der Waals surface area (Å²) in [5, 5.41) is 10.5. The van der Waals surface area contributed by atoms with Gasteiger partial charge in [-0.1, -0.05) is 12.8 Å². The van der Waals surface area contributed by atoms with Gasteiger partial charge < -0.3 is 24.6 Å². The molecule has 0 aromatic carbocycles. The third-order valence-corrected chi connectivity index (χ3v) is 7.94. The van der Waals surface area contributed by atoms with Gasteiger partial charge in [0.05, 0.1) is 5.92 Å². The number of aliphatic carboxylic acids is 1. The van der Waals surface area contributed by atoms with Crippen molar-refractivity contribution in [1.29, 1.82) is 0 Å². The van der Waals surface area contributed by atoms with Crippen molar-refractivity contribution >= 4 is 17.8 Å². The van der Waals surface area contributed by atoms with Gasteiger partial charge in [0.25, 0.3) is 5.91 Å². The quantitative estimate of drug-likeness (QED) is 0.663. The highest BCUT2D eigenvalue weighted by atomic mass is 19.4. The Balaban J connectivity index is 0.000000364. The first kappa shape index (κ1) is 25.5. The minimum atomic E-state index is -5.08. The zero-order valence-corrected chi connectivity index (χ0v) is 19.8. The molecule has 1 aliphatic carbocycles. The second-order valence-electron chi connectivity index (χ2n) is 10.2. The second-order valence-corrected chi connectivity index (χ2v) is 10.2. The van der Waals surface area contributed by atoms with Crippen LogP contribution in [0.15, 0.2) is 16.5 Å². The third kappa shape index (κ3) is 5.49. The minimum Gasteiger partial charge on any atom is -0.475 e. The number of hydrogen-bond donors (Lipinski definition) is 2. The molecule has 0 bridgehead atoms. The number of carbonyl (C=O) groups is 3. The van der Waals surface area contributed by atoms with Gasteiger partial charge in [0, 0.05) is 44.2 Å². The number of carboxylic acid groups (broad SMARTS) is 1. The summed E-state index contributed by atoms with van der Waals surface area (Å²) >= 11 is 0. The number of piperidine rings is 1. The summed E-state index contributed by atoms with van der Waals surface area (Å²) in [6, 6.07) is 3.59. The zero-order valence-electron chi connectivity index (χ0n) is 19.8. The van der Waals surface area contributed by atoms with Crippen LogP contribution in [-0.4, -0.2) is 77.1 Å². The van der Waals surface area contributed by atoms with E-state index in [0.717, 1.165) is 37.6 Å². The lowest BCUT2D eigenvalue weighted by atomic mass is 9.75. The average molecular weight is 500 g/mol. The van der Waals surface area contributed by atoms with E-state index in [1.165, 1.54) is 32.2 Å². The van der Waals surface area contributed by atoms with E-state index in [-0.39, 0.29) is 23.3 Å². The molecule has 4 heterocycles. The van der Waals surface area contributed by atoms with Crippen molar-refractivity contribution < 1.29 is 37.1 Å². The van der Waals surface area contributed by atoms with Crippen LogP contribution in [0.5, 0.6) is 0 Å². The molecule has 4 fully saturated rings. The molecule has 4 aliphatic rings. The molecule has 5 rings (SSSR count). The summed E-state index contributed by atoms with van der Waals surface area (Å²) in [4.78, 5) is 38.7. The van der Waals surface area contributed by atoms with Crippen molar-refractivity contribution in [2.45, 2.75) is 57.2 Å². The Kier molecular flexibility index (Phi) is 7.17. The number of nitrogens with zero attached hydrogens (tertiary/aromatic N) is 2. The molecule has 0 unspecified atom stereocenters. The van der Waals surface area contributed by atoms with Crippen LogP contribution in [0.3, 0.4) is 0 Å². The highest BCUT2D eigenvalue weighted by Crippen LogP contribution is 2.44. The molecule has 2 amide bonds. The van der Waals surface area contributed by atoms with Crippen molar-refractivity contribution in [2.75, 3.05) is 32.7 Å². The Labute approximate surface area is 201 Å². The number of carbonyl (C=O) groups excluding carboxylic acids is 2. The lowest BCUT2D eigenvalue weighted by molar-refractivity contribution is -0.192. The topological polar surface area (TPSA) is 103 Å². The maximum absolute atomic E-state index is 12.7. The number of rotatable bonds is 3. The Morgan fingerprint density at radius 2 is 1.80 bits per heavy atom. The van der Waals surface area contributed by atoms with E-state index in [9.17, 15) is 22.8 Å². The van der Waals surface area contributed by atoms with E-state index >= 15 is 0 Å². The summed E-state index contributed by atoms with van der Waals surface area (Å²) in [7, 11) is 0. The molecule has 11 heteroatoms. The van der Waals surface area contributed by atoms with Gasteiger partial charge in [-0.15, -0.1) is 0 Å². The Morgan fingerprint density at radius 3 is 2.34 bits per heavy atom. The molecule has 35 heavy (non-hydrogen) atoms. The van der Waals surface area contributed by atoms with E-state index in [4.69, 9.17) is 14.3 Å². The molecule has 2 atom stereocenters. The molecular weight excluding hydrogens is 467 g/mol. The van der Waals surface area contributed by atoms with Crippen LogP contribution in [0.4, 0.5) is 13.2 Å². The molecular formula is C24H32F3N3O5. The van der Waals surface area contributed by atoms with E-state index in [1.54, 1.807) is 6.07 Å². The van der Waals surface area contributed by atoms with Crippen LogP contribution in [-0.2, 0) is 9.59 Å². The largest absolute Gasteiger partial charge is 0.490 e. The molecule has 1 aromatic heterocycles. The Hall–Kier alpha value is -2.56. The third-order valence-electron chi connectivity index (χ3n) is 7.94. The molecule has 1 spiro atoms. The summed E-state index contributed by atoms with van der Waals surface area (Å²) in [6.07, 6.45) is 2.06. The number of alkyl halides is 3. The number of carboxylic acids is 1. The van der Waals surface area contributed by atoms with Gasteiger partial charge in [0.1, 0.15) is 5.76 Å². The normalized spacial score (nSPS) is 26.4. The minimum absolute atomic E-state index is 0.0295. The average Bonchev–Trinajstić information content (AvgIpc) is 3.57. The van der Waals surface area contributed by atoms with Gasteiger partial charge >= 0.3 is 12.1 Å². The van der Waals surface area contributed by atoms with Crippen LogP contribution in [0, 0.1) is 24.7 Å². The van der Waals surface area contributed by atoms with E-state index < -0.39 is 12.1 Å². The van der Waals surface area contributed by atoms with Crippen LogP contribution in [0.25, 0.3) is 0 Å². The molecule has 0 radical (unpaired) electrons. The van der Waals surface area contributed by atoms with Crippen molar-refractivity contribution in [3.05, 3.63) is 23.7 Å². The lowest BCUT2D eigenvalue weighted by Gasteiger charge is -2.42. The number of furan rings is 1. The molecule has 3 saturated heterocycles. The zero-order chi connectivity index (χ0) is 25.4. The molecule has 8 nitrogen and oxygen atoms in total. The number of hydrogen-bond acceptors (Lipinski definition) is 5. The number of aryl methyl sites for hydroxylation is 1. The van der Waals surface area contributed by atoms with Crippen LogP contribution >= 0.6 is 0 Å². The van der Waals surface area contributed by atoms with Gasteiger partial charge in [0.2, 0.25) is 5.91 Å². The second kappa shape index (κ2) is 9.83. The van der Waals surface area contributed by atoms with Gasteiger partial charge in [0.15, 0.2) is 5.76 Å². The van der Waals surface area contributed by atoms with Gasteiger partial charge in [-0.3, -0.25) is 9.59 Å². The highest BCUT2D eigenvalue weighted by Gasteiger charge is 2.57. The number of fused-ring (bicyclic) bond motifs is 2. The molecule has 194 valence electrons. The predicted octanol–water partition coefficient (Wildman–Crippen LogP) is 3.06. The number of likely N-dealkylation sites (tertiary alicyclic amines) is 2. The van der Waals surface area contributed by atoms with E-state index in [2.05, 4.69) is 10.2 Å². The smallest absolute Gasteiger partial charge is 0.475 e. The van der Waals surface area contributed by atoms with Crippen LogP contribution in [0.1, 0.15) is 54.8 Å². The first-order valence-corrected chi connectivity index (χ1v) is 12.2. The van der Waals surface area contributed by atoms with E-state index in [1.807, 2.05) is 17.9 Å². The lowest BCUT2D eigenvalue weighted by Crippen LogP contribution is -2.56. The fourth-order valence-corrected chi connectivity index (χ4v) is 6.16. The molecule has 2 N–H and O–H groups in total. The number of halogens is 3. The Morgan fingerprint density at radius 1 is 1.17 bits per heavy atom. The molecule has 1 saturated carbocycles. The fourth-order valence-electron chi connectivity index (χ4n) is 6.16. The standard InChI is InChI=1S/C22H31N3O3.C2HF3O2/c1-15-6-7-19(28-15)21(27)25-10-8-22(9-11-25)18-14-24(12-16-4-2-3-5-16)13-17(18)20(26)23-22;3-2(4,5)1(6)7/h6-7,16-18H,2-5,8-14H2,1H3,(H,23,26);(H,6,7)/t17-,18+;/m1./s1. The first-order chi connectivity index (χ1) is 16.5. The summed E-state index contributed by atoms with van der Waals surface area (Å²) in [5.41, 5.74) is -0.123. The van der Waals surface area contributed by atoms with Crippen molar-refractivity contribution in [3.63, 3.8) is 0 Å². The van der Waals surface area contributed by atoms with Crippen molar-refractivity contribution in [1.82, 2.24) is 15.1 Å². The maximum atomic E-state index is 12.7. The van der Waals surface area contributed by atoms with Crippen LogP contribution < -0.4 is 5.32 Å². The molecule has 1 aromatic rings. The van der Waals surface area contributed by atoms with Gasteiger partial charge in [-0.2, -0.15) is 13.2 Å². The summed E-state index contributed by atoms with van der Waals surface area (Å²) in [6.45, 7) is 6.34. The van der Waals surface area contributed by atoms with Gasteiger partial charge in [-0.05, 0) is 50.7 Å². The molecule has 3 aliphatic heterocycles. The van der Waals surface area contributed by atoms with Crippen molar-refractivity contribution in [3.8, 4) is 0 Å².